The van der Waals surface area contributed by atoms with Crippen LogP contribution in [0.15, 0.2) is 23.1 Å². The highest BCUT2D eigenvalue weighted by atomic mass is 35.5. The van der Waals surface area contributed by atoms with Crippen molar-refractivity contribution in [3.8, 4) is 0 Å². The molecule has 0 aromatic heterocycles. The van der Waals surface area contributed by atoms with Crippen molar-refractivity contribution in [3.05, 3.63) is 23.2 Å². The maximum atomic E-state index is 12.5. The number of carbonyl (C=O) groups excluding carboxylic acids is 1. The van der Waals surface area contributed by atoms with Crippen LogP contribution in [0.25, 0.3) is 0 Å². The highest BCUT2D eigenvalue weighted by Crippen LogP contribution is 2.37. The van der Waals surface area contributed by atoms with E-state index in [-0.39, 0.29) is 34.0 Å². The molecule has 1 atom stereocenters. The van der Waals surface area contributed by atoms with E-state index in [1.165, 1.54) is 12.1 Å². The second-order valence-corrected chi connectivity index (χ2v) is 5.33. The Morgan fingerprint density at radius 3 is 2.90 bits per heavy atom. The van der Waals surface area contributed by atoms with Crippen LogP contribution in [0.4, 0.5) is 14.5 Å². The maximum Gasteiger partial charge on any atom is 0.289 e. The monoisotopic (exact) mass is 323 g/mol. The summed E-state index contributed by atoms with van der Waals surface area (Å²) in [6, 6.07) is 4.58. The van der Waals surface area contributed by atoms with Gasteiger partial charge in [-0.25, -0.2) is 0 Å². The Balaban J connectivity index is 2.11. The molecule has 0 saturated carbocycles. The molecule has 0 unspecified atom stereocenters. The molecular formula is C12H12ClF2NO3S. The Labute approximate surface area is 123 Å². The molecule has 1 amide bonds. The molecule has 1 aliphatic heterocycles. The molecule has 110 valence electrons. The molecule has 1 aromatic carbocycles. The van der Waals surface area contributed by atoms with Gasteiger partial charge in [-0.3, -0.25) is 4.79 Å². The average molecular weight is 324 g/mol. The number of anilines is 1. The molecule has 2 rings (SSSR count). The third-order valence-electron chi connectivity index (χ3n) is 2.54. The SMILES string of the molecule is O=C(Nc1cccc(Cl)c1SC(F)F)[C@H]1COCCO1. The molecule has 0 aliphatic carbocycles. The summed E-state index contributed by atoms with van der Waals surface area (Å²) >= 11 is 6.17. The van der Waals surface area contributed by atoms with Crippen molar-refractivity contribution in [2.24, 2.45) is 0 Å². The van der Waals surface area contributed by atoms with Crippen LogP contribution in [0.2, 0.25) is 5.02 Å². The number of benzene rings is 1. The predicted molar refractivity (Wildman–Crippen MR) is 72.5 cm³/mol. The van der Waals surface area contributed by atoms with E-state index in [9.17, 15) is 13.6 Å². The Morgan fingerprint density at radius 2 is 2.25 bits per heavy atom. The minimum atomic E-state index is -2.63. The van der Waals surface area contributed by atoms with Crippen LogP contribution in [-0.2, 0) is 14.3 Å². The third-order valence-corrected chi connectivity index (χ3v) is 3.82. The van der Waals surface area contributed by atoms with Crippen LogP contribution in [0.1, 0.15) is 0 Å². The summed E-state index contributed by atoms with van der Waals surface area (Å²) in [7, 11) is 0. The number of rotatable bonds is 4. The fourth-order valence-corrected chi connectivity index (χ4v) is 2.58. The van der Waals surface area contributed by atoms with Crippen molar-refractivity contribution in [1.29, 1.82) is 0 Å². The topological polar surface area (TPSA) is 47.6 Å². The zero-order chi connectivity index (χ0) is 14.5. The largest absolute Gasteiger partial charge is 0.376 e. The second-order valence-electron chi connectivity index (χ2n) is 3.92. The van der Waals surface area contributed by atoms with E-state index in [0.717, 1.165) is 0 Å². The van der Waals surface area contributed by atoms with Gasteiger partial charge in [-0.1, -0.05) is 29.4 Å². The molecule has 1 aliphatic rings. The molecule has 1 fully saturated rings. The first-order valence-electron chi connectivity index (χ1n) is 5.81. The van der Waals surface area contributed by atoms with Crippen molar-refractivity contribution >= 4 is 35.0 Å². The molecule has 1 N–H and O–H groups in total. The molecule has 4 nitrogen and oxygen atoms in total. The first kappa shape index (κ1) is 15.5. The standard InChI is InChI=1S/C12H12ClF2NO3S/c13-7-2-1-3-8(10(7)20-12(14)15)16-11(17)9-6-18-4-5-19-9/h1-3,9,12H,4-6H2,(H,16,17)/t9-/m1/s1. The van der Waals surface area contributed by atoms with Gasteiger partial charge in [0, 0.05) is 0 Å². The fraction of sp³-hybridized carbons (Fsp3) is 0.417. The molecule has 1 aromatic rings. The van der Waals surface area contributed by atoms with Gasteiger partial charge in [0.2, 0.25) is 0 Å². The lowest BCUT2D eigenvalue weighted by atomic mass is 10.2. The van der Waals surface area contributed by atoms with E-state index in [4.69, 9.17) is 21.1 Å². The van der Waals surface area contributed by atoms with Crippen LogP contribution in [0.5, 0.6) is 0 Å². The van der Waals surface area contributed by atoms with Crippen LogP contribution >= 0.6 is 23.4 Å². The third kappa shape index (κ3) is 4.05. The summed E-state index contributed by atoms with van der Waals surface area (Å²) in [6.07, 6.45) is -0.743. The highest BCUT2D eigenvalue weighted by Gasteiger charge is 2.24. The first-order valence-corrected chi connectivity index (χ1v) is 7.07. The Kier molecular flexibility index (Phi) is 5.59. The van der Waals surface area contributed by atoms with Gasteiger partial charge in [-0.2, -0.15) is 8.78 Å². The van der Waals surface area contributed by atoms with Crippen LogP contribution < -0.4 is 5.32 Å². The summed E-state index contributed by atoms with van der Waals surface area (Å²) in [5, 5.41) is 2.70. The van der Waals surface area contributed by atoms with Crippen molar-refractivity contribution in [3.63, 3.8) is 0 Å². The highest BCUT2D eigenvalue weighted by molar-refractivity contribution is 7.99. The summed E-state index contributed by atoms with van der Waals surface area (Å²) in [6.45, 7) is 0.906. The first-order chi connectivity index (χ1) is 9.58. The Bertz CT molecular complexity index is 484. The minimum Gasteiger partial charge on any atom is -0.376 e. The quantitative estimate of drug-likeness (QED) is 0.865. The average Bonchev–Trinajstić information content (AvgIpc) is 2.43. The maximum absolute atomic E-state index is 12.5. The van der Waals surface area contributed by atoms with Gasteiger partial charge in [-0.15, -0.1) is 0 Å². The number of hydrogen-bond acceptors (Lipinski definition) is 4. The molecule has 0 radical (unpaired) electrons. The number of halogens is 3. The minimum absolute atomic E-state index is 0.134. The summed E-state index contributed by atoms with van der Waals surface area (Å²) in [5.74, 6) is -3.07. The van der Waals surface area contributed by atoms with Crippen molar-refractivity contribution < 1.29 is 23.0 Å². The Morgan fingerprint density at radius 1 is 1.45 bits per heavy atom. The molecule has 20 heavy (non-hydrogen) atoms. The van der Waals surface area contributed by atoms with Crippen LogP contribution in [-0.4, -0.2) is 37.6 Å². The van der Waals surface area contributed by atoms with Crippen LogP contribution in [0.3, 0.4) is 0 Å². The normalized spacial score (nSPS) is 19.1. The number of hydrogen-bond donors (Lipinski definition) is 1. The number of ether oxygens (including phenoxy) is 2. The lowest BCUT2D eigenvalue weighted by Gasteiger charge is -2.22. The van der Waals surface area contributed by atoms with E-state index < -0.39 is 17.8 Å². The van der Waals surface area contributed by atoms with Gasteiger partial charge in [0.1, 0.15) is 0 Å². The second kappa shape index (κ2) is 7.21. The van der Waals surface area contributed by atoms with E-state index >= 15 is 0 Å². The van der Waals surface area contributed by atoms with E-state index in [0.29, 0.717) is 13.2 Å². The lowest BCUT2D eigenvalue weighted by Crippen LogP contribution is -2.39. The van der Waals surface area contributed by atoms with Gasteiger partial charge in [0.25, 0.3) is 11.7 Å². The molecule has 1 heterocycles. The van der Waals surface area contributed by atoms with Crippen molar-refractivity contribution in [2.45, 2.75) is 16.8 Å². The van der Waals surface area contributed by atoms with E-state index in [2.05, 4.69) is 5.32 Å². The predicted octanol–water partition coefficient (Wildman–Crippen LogP) is 3.01. The molecule has 8 heteroatoms. The fourth-order valence-electron chi connectivity index (χ4n) is 1.67. The molecule has 1 saturated heterocycles. The smallest absolute Gasteiger partial charge is 0.289 e. The number of amides is 1. The lowest BCUT2D eigenvalue weighted by molar-refractivity contribution is -0.142. The van der Waals surface area contributed by atoms with Gasteiger partial charge in [0.05, 0.1) is 35.4 Å². The van der Waals surface area contributed by atoms with Gasteiger partial charge in [0.15, 0.2) is 6.10 Å². The van der Waals surface area contributed by atoms with Gasteiger partial charge >= 0.3 is 0 Å². The molecule has 0 bridgehead atoms. The van der Waals surface area contributed by atoms with Crippen molar-refractivity contribution in [1.82, 2.24) is 0 Å². The van der Waals surface area contributed by atoms with Crippen LogP contribution in [0, 0.1) is 0 Å². The zero-order valence-electron chi connectivity index (χ0n) is 10.3. The number of nitrogens with one attached hydrogen (secondary N) is 1. The summed E-state index contributed by atoms with van der Waals surface area (Å²) < 4.78 is 35.4. The van der Waals surface area contributed by atoms with Gasteiger partial charge in [-0.05, 0) is 12.1 Å². The zero-order valence-corrected chi connectivity index (χ0v) is 11.8. The Hall–Kier alpha value is -0.890. The summed E-state index contributed by atoms with van der Waals surface area (Å²) in [5.41, 5.74) is 0.238. The van der Waals surface area contributed by atoms with E-state index in [1.807, 2.05) is 0 Å². The number of carbonyl (C=O) groups is 1. The molecule has 0 spiro atoms. The number of thioether (sulfide) groups is 1. The van der Waals surface area contributed by atoms with E-state index in [1.54, 1.807) is 6.07 Å². The van der Waals surface area contributed by atoms with Gasteiger partial charge < -0.3 is 14.8 Å². The van der Waals surface area contributed by atoms with Crippen molar-refractivity contribution in [2.75, 3.05) is 25.1 Å². The number of alkyl halides is 2. The molecular weight excluding hydrogens is 312 g/mol. The summed E-state index contributed by atoms with van der Waals surface area (Å²) in [4.78, 5) is 12.1.